The minimum Gasteiger partial charge on any atom is -0.493 e. The van der Waals surface area contributed by atoms with Crippen molar-refractivity contribution in [2.75, 3.05) is 38.8 Å². The summed E-state index contributed by atoms with van der Waals surface area (Å²) < 4.78 is 11.2. The molecule has 0 bridgehead atoms. The average Bonchev–Trinajstić information content (AvgIpc) is 3.17. The molecule has 6 rings (SSSR count). The van der Waals surface area contributed by atoms with E-state index in [0.29, 0.717) is 47.3 Å². The van der Waals surface area contributed by atoms with E-state index in [1.165, 1.54) is 16.0 Å². The number of rotatable bonds is 6. The zero-order valence-electron chi connectivity index (χ0n) is 22.6. The first-order valence-electron chi connectivity index (χ1n) is 13.5. The van der Waals surface area contributed by atoms with E-state index in [9.17, 15) is 10.2 Å². The summed E-state index contributed by atoms with van der Waals surface area (Å²) in [6, 6.07) is 19.3. The first-order valence-corrected chi connectivity index (χ1v) is 14.3. The number of benzene rings is 3. The van der Waals surface area contributed by atoms with Gasteiger partial charge in [0.05, 0.1) is 30.0 Å². The number of anilines is 1. The molecule has 0 radical (unpaired) electrons. The molecule has 0 aliphatic carbocycles. The number of hydrogen-bond donors (Lipinski definition) is 1. The van der Waals surface area contributed by atoms with Gasteiger partial charge in [0.1, 0.15) is 11.4 Å². The van der Waals surface area contributed by atoms with Crippen molar-refractivity contribution in [3.05, 3.63) is 87.4 Å². The molecule has 7 nitrogen and oxygen atoms in total. The molecule has 3 aromatic rings. The van der Waals surface area contributed by atoms with Crippen LogP contribution < -0.4 is 14.4 Å². The molecule has 2 amide bonds. The number of ether oxygens (including phenoxy) is 2. The largest absolute Gasteiger partial charge is 0.493 e. The van der Waals surface area contributed by atoms with Crippen LogP contribution in [-0.2, 0) is 12.8 Å². The molecule has 1 N–H and O–H groups in total. The fourth-order valence-electron chi connectivity index (χ4n) is 6.59. The highest BCUT2D eigenvalue weighted by Gasteiger charge is 2.58. The summed E-state index contributed by atoms with van der Waals surface area (Å²) in [6.45, 7) is 2.21. The van der Waals surface area contributed by atoms with E-state index < -0.39 is 5.54 Å². The van der Waals surface area contributed by atoms with Gasteiger partial charge in [-0.2, -0.15) is 0 Å². The molecule has 0 saturated carbocycles. The van der Waals surface area contributed by atoms with Crippen LogP contribution in [0.3, 0.4) is 0 Å². The SMILES string of the molecule is COc1cc2c(cc1OC)[C@@H]1C[C@]3(CCN1CC2)C(=N)N(c1ccc(Cl)c(Cl)c1)C(=O)N3CCc1ccccc1. The van der Waals surface area contributed by atoms with Gasteiger partial charge in [-0.15, -0.1) is 0 Å². The van der Waals surface area contributed by atoms with Crippen LogP contribution in [-0.4, -0.2) is 61.1 Å². The molecule has 3 aromatic carbocycles. The van der Waals surface area contributed by atoms with Crippen LogP contribution in [0.5, 0.6) is 11.5 Å². The summed E-state index contributed by atoms with van der Waals surface area (Å²) >= 11 is 12.6. The van der Waals surface area contributed by atoms with E-state index in [0.717, 1.165) is 30.8 Å². The van der Waals surface area contributed by atoms with Gasteiger partial charge in [-0.3, -0.25) is 10.3 Å². The van der Waals surface area contributed by atoms with Gasteiger partial charge in [0.15, 0.2) is 11.5 Å². The van der Waals surface area contributed by atoms with Gasteiger partial charge in [0.2, 0.25) is 0 Å². The van der Waals surface area contributed by atoms with Crippen LogP contribution >= 0.6 is 23.2 Å². The van der Waals surface area contributed by atoms with Crippen molar-refractivity contribution in [2.24, 2.45) is 0 Å². The van der Waals surface area contributed by atoms with Crippen molar-refractivity contribution in [3.63, 3.8) is 0 Å². The topological polar surface area (TPSA) is 69.1 Å². The van der Waals surface area contributed by atoms with E-state index in [4.69, 9.17) is 32.7 Å². The smallest absolute Gasteiger partial charge is 0.330 e. The second-order valence-corrected chi connectivity index (χ2v) is 11.5. The Bertz CT molecular complexity index is 1470. The number of methoxy groups -OCH3 is 2. The van der Waals surface area contributed by atoms with Crippen LogP contribution in [0.2, 0.25) is 10.0 Å². The lowest BCUT2D eigenvalue weighted by Crippen LogP contribution is -2.58. The van der Waals surface area contributed by atoms with Crippen molar-refractivity contribution in [1.29, 1.82) is 5.41 Å². The van der Waals surface area contributed by atoms with Crippen molar-refractivity contribution in [3.8, 4) is 11.5 Å². The number of carbonyl (C=O) groups excluding carboxylic acids is 1. The number of hydrogen-bond acceptors (Lipinski definition) is 5. The number of piperidine rings is 1. The average molecular weight is 580 g/mol. The predicted octanol–water partition coefficient (Wildman–Crippen LogP) is 6.60. The second kappa shape index (κ2) is 10.6. The lowest BCUT2D eigenvalue weighted by Gasteiger charge is -2.50. The molecule has 3 aliphatic rings. The maximum absolute atomic E-state index is 14.2. The Morgan fingerprint density at radius 2 is 1.73 bits per heavy atom. The molecule has 3 heterocycles. The van der Waals surface area contributed by atoms with Gasteiger partial charge in [0.25, 0.3) is 0 Å². The fourth-order valence-corrected chi connectivity index (χ4v) is 6.88. The van der Waals surface area contributed by atoms with E-state index >= 15 is 0 Å². The van der Waals surface area contributed by atoms with E-state index in [-0.39, 0.29) is 17.9 Å². The summed E-state index contributed by atoms with van der Waals surface area (Å²) in [6.07, 6.45) is 2.92. The third-order valence-corrected chi connectivity index (χ3v) is 9.43. The van der Waals surface area contributed by atoms with Crippen LogP contribution in [0.1, 0.15) is 35.6 Å². The van der Waals surface area contributed by atoms with Crippen molar-refractivity contribution < 1.29 is 14.3 Å². The highest BCUT2D eigenvalue weighted by atomic mass is 35.5. The number of carbonyl (C=O) groups is 1. The van der Waals surface area contributed by atoms with Crippen LogP contribution in [0, 0.1) is 5.41 Å². The van der Waals surface area contributed by atoms with Gasteiger partial charge in [-0.1, -0.05) is 53.5 Å². The van der Waals surface area contributed by atoms with Gasteiger partial charge in [-0.05, 0) is 72.7 Å². The fraction of sp³-hybridized carbons (Fsp3) is 0.355. The molecule has 2 fully saturated rings. The summed E-state index contributed by atoms with van der Waals surface area (Å²) in [7, 11) is 3.31. The molecule has 3 aliphatic heterocycles. The van der Waals surface area contributed by atoms with Crippen molar-refractivity contribution >= 4 is 40.8 Å². The standard InChI is InChI=1S/C31H32Cl2N4O3/c1-39-27-16-21-11-13-35-15-12-31(19-26(35)23(21)18-28(27)40-2)29(34)37(22-8-9-24(32)25(33)17-22)30(38)36(31)14-10-20-6-4-3-5-7-20/h3-9,16-18,26,34H,10-15,19H2,1-2H3/t26-,31+/m0/s1. The van der Waals surface area contributed by atoms with E-state index in [1.807, 2.05) is 23.1 Å². The Hall–Kier alpha value is -3.26. The van der Waals surface area contributed by atoms with Crippen molar-refractivity contribution in [1.82, 2.24) is 9.80 Å². The first kappa shape index (κ1) is 26.9. The van der Waals surface area contributed by atoms with E-state index in [1.54, 1.807) is 32.4 Å². The Morgan fingerprint density at radius 3 is 2.45 bits per heavy atom. The molecule has 9 heteroatoms. The molecule has 2 atom stereocenters. The number of nitrogens with zero attached hydrogens (tertiary/aromatic N) is 3. The molecule has 208 valence electrons. The molecule has 0 unspecified atom stereocenters. The molecule has 1 spiro atoms. The third-order valence-electron chi connectivity index (χ3n) is 8.69. The number of urea groups is 1. The lowest BCUT2D eigenvalue weighted by atomic mass is 9.76. The second-order valence-electron chi connectivity index (χ2n) is 10.6. The van der Waals surface area contributed by atoms with Crippen LogP contribution in [0.4, 0.5) is 10.5 Å². The Labute approximate surface area is 244 Å². The molecule has 40 heavy (non-hydrogen) atoms. The number of halogens is 2. The van der Waals surface area contributed by atoms with E-state index in [2.05, 4.69) is 29.2 Å². The maximum Gasteiger partial charge on any atom is 0.330 e. The van der Waals surface area contributed by atoms with Crippen LogP contribution in [0.15, 0.2) is 60.7 Å². The predicted molar refractivity (Wildman–Crippen MR) is 158 cm³/mol. The maximum atomic E-state index is 14.2. The Kier molecular flexibility index (Phi) is 7.15. The number of nitrogens with one attached hydrogen (secondary N) is 1. The minimum atomic E-state index is -0.763. The lowest BCUT2D eigenvalue weighted by molar-refractivity contribution is 0.0541. The van der Waals surface area contributed by atoms with Gasteiger partial charge in [0, 0.05) is 25.7 Å². The van der Waals surface area contributed by atoms with Gasteiger partial charge < -0.3 is 14.4 Å². The van der Waals surface area contributed by atoms with Gasteiger partial charge in [-0.25, -0.2) is 9.69 Å². The number of amides is 2. The highest BCUT2D eigenvalue weighted by molar-refractivity contribution is 6.42. The molecular formula is C31H32Cl2N4O3. The van der Waals surface area contributed by atoms with Crippen LogP contribution in [0.25, 0.3) is 0 Å². The zero-order valence-corrected chi connectivity index (χ0v) is 24.1. The quantitative estimate of drug-likeness (QED) is 0.357. The monoisotopic (exact) mass is 578 g/mol. The number of amidine groups is 1. The normalized spacial score (nSPS) is 22.4. The highest BCUT2D eigenvalue weighted by Crippen LogP contribution is 2.49. The third kappa shape index (κ3) is 4.41. The van der Waals surface area contributed by atoms with Crippen molar-refractivity contribution in [2.45, 2.75) is 37.3 Å². The Morgan fingerprint density at radius 1 is 0.975 bits per heavy atom. The number of fused-ring (bicyclic) bond motifs is 3. The minimum absolute atomic E-state index is 0.0402. The summed E-state index contributed by atoms with van der Waals surface area (Å²) in [5.74, 6) is 1.70. The first-order chi connectivity index (χ1) is 19.4. The summed E-state index contributed by atoms with van der Waals surface area (Å²) in [5.41, 5.74) is 3.36. The van der Waals surface area contributed by atoms with Gasteiger partial charge >= 0.3 is 6.03 Å². The molecule has 0 aromatic heterocycles. The molecular weight excluding hydrogens is 547 g/mol. The Balaban J connectivity index is 1.41. The summed E-state index contributed by atoms with van der Waals surface area (Å²) in [4.78, 5) is 20.1. The summed E-state index contributed by atoms with van der Waals surface area (Å²) in [5, 5.41) is 10.3. The molecule has 2 saturated heterocycles. The zero-order chi connectivity index (χ0) is 28.0.